The molecule has 370 valence electrons. The van der Waals surface area contributed by atoms with Crippen molar-refractivity contribution in [3.05, 3.63) is 128 Å². The summed E-state index contributed by atoms with van der Waals surface area (Å²) in [6.45, 7) is 27.7. The number of ether oxygens (including phenoxy) is 1. The van der Waals surface area contributed by atoms with E-state index in [1.165, 1.54) is 7.11 Å². The van der Waals surface area contributed by atoms with Crippen molar-refractivity contribution < 1.29 is 28.0 Å². The third-order valence-electron chi connectivity index (χ3n) is 13.9. The van der Waals surface area contributed by atoms with Gasteiger partial charge in [-0.05, 0) is 74.6 Å². The number of benzene rings is 4. The van der Waals surface area contributed by atoms with Gasteiger partial charge in [0.15, 0.2) is 23.3 Å². The van der Waals surface area contributed by atoms with E-state index in [0.717, 1.165) is 44.5 Å². The molecule has 0 radical (unpaired) electrons. The number of fused-ring (bicyclic) bond motifs is 14. The molecule has 0 N–H and O–H groups in total. The van der Waals surface area contributed by atoms with Gasteiger partial charge in [-0.2, -0.15) is 0 Å². The van der Waals surface area contributed by atoms with Crippen LogP contribution in [-0.2, 0) is 49.6 Å². The molecular formula is C57H62N8O6Si. The van der Waals surface area contributed by atoms with Crippen LogP contribution in [-0.4, -0.2) is 65.7 Å². The molecule has 1 unspecified atom stereocenters. The van der Waals surface area contributed by atoms with Crippen LogP contribution in [0.25, 0.3) is 21.5 Å². The van der Waals surface area contributed by atoms with Crippen LogP contribution in [0.15, 0.2) is 103 Å². The van der Waals surface area contributed by atoms with E-state index in [1.54, 1.807) is 8.47 Å². The fourth-order valence-electron chi connectivity index (χ4n) is 9.62. The maximum absolute atomic E-state index is 15.0. The van der Waals surface area contributed by atoms with Crippen molar-refractivity contribution in [1.29, 1.82) is 0 Å². The predicted molar refractivity (Wildman–Crippen MR) is 284 cm³/mol. The molecule has 10 rings (SSSR count). The average Bonchev–Trinajstić information content (AvgIpc) is 4.01. The van der Waals surface area contributed by atoms with E-state index in [-0.39, 0.29) is 57.1 Å². The summed E-state index contributed by atoms with van der Waals surface area (Å²) in [6, 6.07) is 24.8. The van der Waals surface area contributed by atoms with Gasteiger partial charge >= 0.3 is 14.9 Å². The van der Waals surface area contributed by atoms with Gasteiger partial charge in [0.25, 0.3) is 11.9 Å². The van der Waals surface area contributed by atoms with E-state index in [1.807, 2.05) is 31.2 Å². The Morgan fingerprint density at radius 2 is 0.847 bits per heavy atom. The van der Waals surface area contributed by atoms with Crippen molar-refractivity contribution in [1.82, 2.24) is 8.47 Å². The van der Waals surface area contributed by atoms with Crippen LogP contribution in [0.5, 0.6) is 0 Å². The summed E-state index contributed by atoms with van der Waals surface area (Å²) >= 11 is 0. The first-order chi connectivity index (χ1) is 33.8. The van der Waals surface area contributed by atoms with E-state index >= 15 is 4.79 Å². The number of aliphatic imine (C=N–C) groups is 4. The quantitative estimate of drug-likeness (QED) is 0.114. The molecule has 1 atom stereocenters. The van der Waals surface area contributed by atoms with Gasteiger partial charge in [-0.3, -0.25) is 22.8 Å². The summed E-state index contributed by atoms with van der Waals surface area (Å²) in [5.74, 6) is -0.0274. The topological polar surface area (TPSA) is 163 Å². The fraction of sp³-hybridized carbons (Fsp3) is 0.386. The molecule has 6 aromatic rings. The van der Waals surface area contributed by atoms with Gasteiger partial charge < -0.3 is 13.6 Å². The number of aromatic nitrogens is 2. The van der Waals surface area contributed by atoms with Crippen LogP contribution in [0.1, 0.15) is 160 Å². The van der Waals surface area contributed by atoms with E-state index in [9.17, 15) is 9.59 Å². The molecule has 15 heteroatoms. The molecule has 0 amide bonds. The Bertz CT molecular complexity index is 3640. The number of carbonyl (C=O) groups is 3. The second kappa shape index (κ2) is 16.7. The predicted octanol–water partition coefficient (Wildman–Crippen LogP) is 10.4. The number of amidine groups is 4. The molecule has 2 aromatic heterocycles. The van der Waals surface area contributed by atoms with Crippen LogP contribution in [0.4, 0.5) is 11.6 Å². The Kier molecular flexibility index (Phi) is 11.3. The van der Waals surface area contributed by atoms with Gasteiger partial charge in [-0.1, -0.05) is 139 Å². The third-order valence-corrected chi connectivity index (χ3v) is 16.8. The minimum Gasteiger partial charge on any atom is -0.469 e. The Balaban J connectivity index is 1.51. The van der Waals surface area contributed by atoms with E-state index in [4.69, 9.17) is 43.5 Å². The van der Waals surface area contributed by atoms with Crippen LogP contribution >= 0.6 is 0 Å². The third kappa shape index (κ3) is 8.05. The molecule has 0 fully saturated rings. The summed E-state index contributed by atoms with van der Waals surface area (Å²) < 4.78 is 22.6. The SMILES string of the molecule is CCCC(=O)O[Si]1(OC(=O)CCC(=O)OC)n2c3c4cc(C(C)(C)C)ccc4c2N=C2N=C(N=c4c5cc(C(C)(C)C)ccc5c(n41)=NC1=NC(=N3)c3ccc(C(C)(C)C)cc31)c1ccc(C(C)(C)C)cc12. The number of hydrogen-bond acceptors (Lipinski definition) is 12. The second-order valence-corrected chi connectivity index (χ2v) is 25.7. The number of rotatable bonds is 7. The van der Waals surface area contributed by atoms with Gasteiger partial charge in [0.1, 0.15) is 22.6 Å². The van der Waals surface area contributed by atoms with Crippen molar-refractivity contribution in [3.8, 4) is 0 Å². The summed E-state index contributed by atoms with van der Waals surface area (Å²) in [6.07, 6.45) is -0.289. The fourth-order valence-corrected chi connectivity index (χ4v) is 12.8. The Morgan fingerprint density at radius 1 is 0.444 bits per heavy atom. The van der Waals surface area contributed by atoms with Gasteiger partial charge in [-0.25, -0.2) is 30.0 Å². The standard InChI is InChI=1S/C57H62N8O6Si/c1-15-16-44(67)70-72(71-45(68)26-25-43(66)69-14)64-50-37-23-19-33(56(8,9)10)29-41(37)53(64)61-47-36-22-18-32(55(5,6)7)28-40(36)49(59-47)63-51-38-24-20-34(57(11,12)13)30-42(38)52(65(51)72)60-46-35-21-17-31(54(2,3)4)27-39(35)48(58-46)62-50/h17-24,27-30H,15-16,25-26H2,1-14H3. The average molecular weight is 983 g/mol. The van der Waals surface area contributed by atoms with Crippen LogP contribution in [0.3, 0.4) is 0 Å². The summed E-state index contributed by atoms with van der Waals surface area (Å²) in [5, 5.41) is 2.56. The lowest BCUT2D eigenvalue weighted by Crippen LogP contribution is -2.65. The molecule has 4 aliphatic rings. The van der Waals surface area contributed by atoms with Crippen LogP contribution in [0.2, 0.25) is 0 Å². The highest BCUT2D eigenvalue weighted by Gasteiger charge is 2.59. The van der Waals surface area contributed by atoms with Crippen molar-refractivity contribution in [3.63, 3.8) is 0 Å². The van der Waals surface area contributed by atoms with Gasteiger partial charge in [0.2, 0.25) is 0 Å². The Labute approximate surface area is 420 Å². The minimum absolute atomic E-state index is 0.0213. The zero-order chi connectivity index (χ0) is 51.6. The lowest BCUT2D eigenvalue weighted by molar-refractivity contribution is -0.147. The molecule has 0 saturated heterocycles. The first-order valence-electron chi connectivity index (χ1n) is 24.8. The molecule has 6 bridgehead atoms. The molecule has 72 heavy (non-hydrogen) atoms. The molecule has 0 spiro atoms. The maximum Gasteiger partial charge on any atom is 0.742 e. The molecule has 14 nitrogen and oxygen atoms in total. The van der Waals surface area contributed by atoms with Crippen LogP contribution in [0, 0.1) is 0 Å². The first kappa shape index (κ1) is 48.5. The van der Waals surface area contributed by atoms with E-state index < -0.39 is 33.2 Å². The van der Waals surface area contributed by atoms with Crippen LogP contribution < -0.4 is 11.0 Å². The summed E-state index contributed by atoms with van der Waals surface area (Å²) in [7, 11) is -3.93. The normalized spacial score (nSPS) is 16.9. The zero-order valence-electron chi connectivity index (χ0n) is 43.8. The number of carbonyl (C=O) groups excluding carboxylic acids is 3. The van der Waals surface area contributed by atoms with Gasteiger partial charge in [0, 0.05) is 50.2 Å². The number of nitrogens with zero attached hydrogens (tertiary/aromatic N) is 8. The minimum atomic E-state index is -5.19. The second-order valence-electron chi connectivity index (χ2n) is 23.3. The largest absolute Gasteiger partial charge is 0.742 e. The molecule has 4 aromatic carbocycles. The first-order valence-corrected chi connectivity index (χ1v) is 26.5. The summed E-state index contributed by atoms with van der Waals surface area (Å²) in [4.78, 5) is 75.5. The lowest BCUT2D eigenvalue weighted by atomic mass is 9.85. The molecule has 0 saturated carbocycles. The van der Waals surface area contributed by atoms with E-state index in [0.29, 0.717) is 51.3 Å². The number of hydrogen-bond donors (Lipinski definition) is 0. The van der Waals surface area contributed by atoms with Gasteiger partial charge in [-0.15, -0.1) is 0 Å². The van der Waals surface area contributed by atoms with Crippen molar-refractivity contribution in [2.75, 3.05) is 7.11 Å². The Hall–Kier alpha value is -7.13. The highest BCUT2D eigenvalue weighted by atomic mass is 28.4. The van der Waals surface area contributed by atoms with Crippen molar-refractivity contribution >= 4 is 83.3 Å². The van der Waals surface area contributed by atoms with Gasteiger partial charge in [0.05, 0.1) is 20.0 Å². The highest BCUT2D eigenvalue weighted by Crippen LogP contribution is 2.46. The smallest absolute Gasteiger partial charge is 0.469 e. The monoisotopic (exact) mass is 982 g/mol. The lowest BCUT2D eigenvalue weighted by Gasteiger charge is -2.31. The molecule has 4 aliphatic heterocycles. The molecular weight excluding hydrogens is 921 g/mol. The number of esters is 1. The number of methoxy groups -OCH3 is 1. The zero-order valence-corrected chi connectivity index (χ0v) is 44.8. The van der Waals surface area contributed by atoms with E-state index in [2.05, 4.69) is 132 Å². The highest BCUT2D eigenvalue weighted by molar-refractivity contribution is 6.69. The van der Waals surface area contributed by atoms with Crippen molar-refractivity contribution in [2.45, 2.75) is 137 Å². The molecule has 6 heterocycles. The Morgan fingerprint density at radius 3 is 1.36 bits per heavy atom. The molecule has 0 aliphatic carbocycles. The van der Waals surface area contributed by atoms with Crippen molar-refractivity contribution in [2.24, 2.45) is 30.0 Å². The maximum atomic E-state index is 15.0. The summed E-state index contributed by atoms with van der Waals surface area (Å²) in [5.41, 5.74) is 6.59.